The molecule has 76 valence electrons. The molecule has 0 spiro atoms. The molecule has 4 nitrogen and oxygen atoms in total. The van der Waals surface area contributed by atoms with E-state index in [1.54, 1.807) is 12.0 Å². The smallest absolute Gasteiger partial charge is 0.412 e. The minimum atomic E-state index is -0.426. The quantitative estimate of drug-likeness (QED) is 0.626. The Morgan fingerprint density at radius 2 is 2.08 bits per heavy atom. The van der Waals surface area contributed by atoms with E-state index in [9.17, 15) is 4.79 Å². The van der Waals surface area contributed by atoms with Gasteiger partial charge in [0.15, 0.2) is 0 Å². The zero-order valence-corrected chi connectivity index (χ0v) is 8.66. The van der Waals surface area contributed by atoms with Gasteiger partial charge in [0.25, 0.3) is 0 Å². The standard InChI is InChI=1S/C9H17NO3/c1-9(2,3)13-8(11)10-6-5-7(10)12-4/h7H,5-6H2,1-4H3. The van der Waals surface area contributed by atoms with E-state index in [1.165, 1.54) is 0 Å². The molecule has 1 aliphatic rings. The lowest BCUT2D eigenvalue weighted by Crippen LogP contribution is -2.53. The first kappa shape index (κ1) is 10.3. The molecule has 0 saturated carbocycles. The van der Waals surface area contributed by atoms with Gasteiger partial charge in [0.1, 0.15) is 11.8 Å². The summed E-state index contributed by atoms with van der Waals surface area (Å²) < 4.78 is 10.2. The Morgan fingerprint density at radius 3 is 2.38 bits per heavy atom. The minimum Gasteiger partial charge on any atom is -0.444 e. The summed E-state index contributed by atoms with van der Waals surface area (Å²) in [7, 11) is 1.60. The predicted molar refractivity (Wildman–Crippen MR) is 48.4 cm³/mol. The van der Waals surface area contributed by atoms with Gasteiger partial charge >= 0.3 is 6.09 Å². The van der Waals surface area contributed by atoms with Gasteiger partial charge in [-0.05, 0) is 20.8 Å². The van der Waals surface area contributed by atoms with Crippen molar-refractivity contribution in [3.05, 3.63) is 0 Å². The van der Waals surface area contributed by atoms with Crippen LogP contribution in [-0.4, -0.2) is 36.5 Å². The Hall–Kier alpha value is -0.770. The highest BCUT2D eigenvalue weighted by Crippen LogP contribution is 2.21. The molecule has 0 radical (unpaired) electrons. The summed E-state index contributed by atoms with van der Waals surface area (Å²) in [4.78, 5) is 13.0. The maximum absolute atomic E-state index is 11.4. The molecule has 1 aliphatic heterocycles. The molecule has 1 rings (SSSR count). The maximum Gasteiger partial charge on any atom is 0.412 e. The van der Waals surface area contributed by atoms with E-state index in [-0.39, 0.29) is 12.3 Å². The van der Waals surface area contributed by atoms with Crippen molar-refractivity contribution in [2.45, 2.75) is 39.0 Å². The molecular weight excluding hydrogens is 170 g/mol. The van der Waals surface area contributed by atoms with E-state index in [0.29, 0.717) is 0 Å². The average molecular weight is 187 g/mol. The van der Waals surface area contributed by atoms with Crippen LogP contribution in [0.3, 0.4) is 0 Å². The van der Waals surface area contributed by atoms with Crippen LogP contribution in [0, 0.1) is 0 Å². The normalized spacial score (nSPS) is 22.5. The molecule has 1 atom stereocenters. The molecule has 0 aromatic rings. The number of amides is 1. The van der Waals surface area contributed by atoms with Crippen LogP contribution in [0.4, 0.5) is 4.79 Å². The summed E-state index contributed by atoms with van der Waals surface area (Å²) >= 11 is 0. The van der Waals surface area contributed by atoms with Gasteiger partial charge in [-0.25, -0.2) is 4.79 Å². The van der Waals surface area contributed by atoms with Crippen molar-refractivity contribution in [1.82, 2.24) is 4.90 Å². The van der Waals surface area contributed by atoms with Gasteiger partial charge in [-0.3, -0.25) is 4.90 Å². The van der Waals surface area contributed by atoms with Crippen molar-refractivity contribution in [3.63, 3.8) is 0 Å². The van der Waals surface area contributed by atoms with Crippen molar-refractivity contribution in [2.75, 3.05) is 13.7 Å². The van der Waals surface area contributed by atoms with Crippen LogP contribution in [0.1, 0.15) is 27.2 Å². The highest BCUT2D eigenvalue weighted by Gasteiger charge is 2.35. The Kier molecular flexibility index (Phi) is 2.81. The van der Waals surface area contributed by atoms with Gasteiger partial charge in [0, 0.05) is 20.1 Å². The topological polar surface area (TPSA) is 38.8 Å². The molecule has 0 bridgehead atoms. The molecule has 4 heteroatoms. The number of ether oxygens (including phenoxy) is 2. The SMILES string of the molecule is COC1CCN1C(=O)OC(C)(C)C. The van der Waals surface area contributed by atoms with Crippen molar-refractivity contribution in [3.8, 4) is 0 Å². The van der Waals surface area contributed by atoms with E-state index in [0.717, 1.165) is 13.0 Å². The lowest BCUT2D eigenvalue weighted by Gasteiger charge is -2.39. The molecule has 1 heterocycles. The number of rotatable bonds is 1. The molecule has 1 amide bonds. The van der Waals surface area contributed by atoms with Crippen molar-refractivity contribution >= 4 is 6.09 Å². The van der Waals surface area contributed by atoms with E-state index >= 15 is 0 Å². The third kappa shape index (κ3) is 2.59. The molecule has 0 aromatic heterocycles. The molecule has 1 saturated heterocycles. The fraction of sp³-hybridized carbons (Fsp3) is 0.889. The summed E-state index contributed by atoms with van der Waals surface area (Å²) in [5, 5.41) is 0. The molecule has 1 fully saturated rings. The molecule has 1 unspecified atom stereocenters. The largest absolute Gasteiger partial charge is 0.444 e. The highest BCUT2D eigenvalue weighted by atomic mass is 16.6. The lowest BCUT2D eigenvalue weighted by molar-refractivity contribution is -0.0999. The highest BCUT2D eigenvalue weighted by molar-refractivity contribution is 5.69. The van der Waals surface area contributed by atoms with Crippen LogP contribution >= 0.6 is 0 Å². The van der Waals surface area contributed by atoms with Crippen LogP contribution in [0.2, 0.25) is 0 Å². The van der Waals surface area contributed by atoms with Gasteiger partial charge in [0.05, 0.1) is 0 Å². The third-order valence-corrected chi connectivity index (χ3v) is 1.86. The van der Waals surface area contributed by atoms with Crippen LogP contribution in [0.15, 0.2) is 0 Å². The summed E-state index contributed by atoms with van der Waals surface area (Å²) in [6.45, 7) is 6.29. The maximum atomic E-state index is 11.4. The minimum absolute atomic E-state index is 0.0881. The number of hydrogen-bond donors (Lipinski definition) is 0. The van der Waals surface area contributed by atoms with Crippen LogP contribution in [0.25, 0.3) is 0 Å². The second kappa shape index (κ2) is 3.54. The number of methoxy groups -OCH3 is 1. The summed E-state index contributed by atoms with van der Waals surface area (Å²) in [5.74, 6) is 0. The molecule has 0 aromatic carbocycles. The van der Waals surface area contributed by atoms with Gasteiger partial charge in [0.2, 0.25) is 0 Å². The monoisotopic (exact) mass is 187 g/mol. The fourth-order valence-electron chi connectivity index (χ4n) is 1.14. The molecule has 0 N–H and O–H groups in total. The summed E-state index contributed by atoms with van der Waals surface area (Å²) in [6, 6.07) is 0. The first-order valence-corrected chi connectivity index (χ1v) is 4.46. The molecule has 13 heavy (non-hydrogen) atoms. The zero-order valence-electron chi connectivity index (χ0n) is 8.66. The number of carbonyl (C=O) groups is 1. The number of likely N-dealkylation sites (tertiary alicyclic amines) is 1. The average Bonchev–Trinajstić information content (AvgIpc) is 1.80. The molecule has 0 aliphatic carbocycles. The second-order valence-corrected chi connectivity index (χ2v) is 4.15. The van der Waals surface area contributed by atoms with E-state index in [1.807, 2.05) is 20.8 Å². The van der Waals surface area contributed by atoms with Gasteiger partial charge in [-0.1, -0.05) is 0 Å². The van der Waals surface area contributed by atoms with Crippen LogP contribution in [0.5, 0.6) is 0 Å². The lowest BCUT2D eigenvalue weighted by atomic mass is 10.2. The van der Waals surface area contributed by atoms with Crippen LogP contribution in [-0.2, 0) is 9.47 Å². The van der Waals surface area contributed by atoms with Crippen molar-refractivity contribution in [1.29, 1.82) is 0 Å². The number of hydrogen-bond acceptors (Lipinski definition) is 3. The Labute approximate surface area is 78.8 Å². The van der Waals surface area contributed by atoms with Crippen molar-refractivity contribution < 1.29 is 14.3 Å². The van der Waals surface area contributed by atoms with E-state index in [2.05, 4.69) is 0 Å². The van der Waals surface area contributed by atoms with Crippen molar-refractivity contribution in [2.24, 2.45) is 0 Å². The third-order valence-electron chi connectivity index (χ3n) is 1.86. The summed E-state index contributed by atoms with van der Waals surface area (Å²) in [6.07, 6.45) is 0.524. The first-order valence-electron chi connectivity index (χ1n) is 4.46. The van der Waals surface area contributed by atoms with Crippen LogP contribution < -0.4 is 0 Å². The summed E-state index contributed by atoms with van der Waals surface area (Å²) in [5.41, 5.74) is -0.426. The zero-order chi connectivity index (χ0) is 10.1. The second-order valence-electron chi connectivity index (χ2n) is 4.15. The molecular formula is C9H17NO3. The predicted octanol–water partition coefficient (Wildman–Crippen LogP) is 1.60. The Morgan fingerprint density at radius 1 is 1.46 bits per heavy atom. The first-order chi connectivity index (χ1) is 5.94. The van der Waals surface area contributed by atoms with Gasteiger partial charge in [-0.2, -0.15) is 0 Å². The number of carbonyl (C=O) groups excluding carboxylic acids is 1. The Bertz CT molecular complexity index is 196. The Balaban J connectivity index is 2.40. The van der Waals surface area contributed by atoms with E-state index < -0.39 is 5.60 Å². The van der Waals surface area contributed by atoms with Gasteiger partial charge in [-0.15, -0.1) is 0 Å². The van der Waals surface area contributed by atoms with E-state index in [4.69, 9.17) is 9.47 Å². The fourth-order valence-corrected chi connectivity index (χ4v) is 1.14. The van der Waals surface area contributed by atoms with Gasteiger partial charge < -0.3 is 9.47 Å². The number of nitrogens with zero attached hydrogens (tertiary/aromatic N) is 1.